The first-order valence-electron chi connectivity index (χ1n) is 10.7. The highest BCUT2D eigenvalue weighted by Gasteiger charge is 2.21. The van der Waals surface area contributed by atoms with Crippen molar-refractivity contribution in [2.45, 2.75) is 23.8 Å². The first-order valence-corrected chi connectivity index (χ1v) is 10.6. The van der Waals surface area contributed by atoms with E-state index in [-0.39, 0.29) is 22.9 Å². The van der Waals surface area contributed by atoms with Gasteiger partial charge in [-0.3, -0.25) is 4.98 Å². The molecule has 0 saturated heterocycles. The number of nitriles is 2. The first kappa shape index (κ1) is 18.7. The quantitative estimate of drug-likeness (QED) is 0.340. The predicted molar refractivity (Wildman–Crippen MR) is 120 cm³/mol. The molecule has 0 radical (unpaired) electrons. The fraction of sp³-hybridized carbons (Fsp3) is 0.217. The number of nitrogens with zero attached hydrogens (tertiary/aromatic N) is 4. The lowest BCUT2D eigenvalue weighted by Crippen LogP contribution is -2.15. The van der Waals surface area contributed by atoms with Crippen LogP contribution in [0.1, 0.15) is 27.9 Å². The van der Waals surface area contributed by atoms with Crippen LogP contribution in [0.15, 0.2) is 53.7 Å². The molecule has 0 unspecified atom stereocenters. The van der Waals surface area contributed by atoms with Gasteiger partial charge in [0.2, 0.25) is 0 Å². The van der Waals surface area contributed by atoms with Gasteiger partial charge >= 0.3 is 0 Å². The van der Waals surface area contributed by atoms with Crippen LogP contribution in [-0.4, -0.2) is 29.7 Å². The Kier molecular flexibility index (Phi) is 6.49. The normalized spacial score (nSPS) is 13.2. The smallest absolute Gasteiger partial charge is 0.148 e. The molecule has 2 heterocycles. The number of hydrogen-bond donors (Lipinski definition) is 0. The van der Waals surface area contributed by atoms with Gasteiger partial charge in [0, 0.05) is 24.6 Å². The van der Waals surface area contributed by atoms with E-state index in [9.17, 15) is 10.5 Å². The van der Waals surface area contributed by atoms with E-state index in [1.165, 1.54) is 11.8 Å². The molecule has 0 amide bonds. The minimum Gasteiger partial charge on any atom is -0.491 e. The molecule has 0 spiro atoms. The van der Waals surface area contributed by atoms with Crippen LogP contribution in [0.2, 0.25) is 5.15 Å². The summed E-state index contributed by atoms with van der Waals surface area (Å²) in [6.45, 7) is 1.64. The third-order valence-corrected chi connectivity index (χ3v) is 5.54. The fourth-order valence-electron chi connectivity index (χ4n) is 2.73. The van der Waals surface area contributed by atoms with Crippen LogP contribution in [0.3, 0.4) is 0 Å². The van der Waals surface area contributed by atoms with Crippen molar-refractivity contribution >= 4 is 23.4 Å². The second-order valence-electron chi connectivity index (χ2n) is 6.43. The Morgan fingerprint density at radius 3 is 2.58 bits per heavy atom. The van der Waals surface area contributed by atoms with E-state index in [4.69, 9.17) is 25.2 Å². The van der Waals surface area contributed by atoms with Crippen LogP contribution in [0.4, 0.5) is 0 Å². The molecule has 6 nitrogen and oxygen atoms in total. The zero-order chi connectivity index (χ0) is 24.7. The maximum atomic E-state index is 9.91. The molecule has 31 heavy (non-hydrogen) atoms. The van der Waals surface area contributed by atoms with Crippen LogP contribution in [-0.2, 0) is 10.5 Å². The number of methoxy groups -OCH3 is 1. The summed E-state index contributed by atoms with van der Waals surface area (Å²) in [4.78, 5) is 8.56. The van der Waals surface area contributed by atoms with Crippen molar-refractivity contribution in [3.63, 3.8) is 0 Å². The monoisotopic (exact) mass is 453 g/mol. The van der Waals surface area contributed by atoms with Crippen molar-refractivity contribution in [2.75, 3.05) is 13.6 Å². The summed E-state index contributed by atoms with van der Waals surface area (Å²) in [5.74, 6) is 0.958. The maximum Gasteiger partial charge on any atom is 0.148 e. The Morgan fingerprint density at radius 1 is 1.16 bits per heavy atom. The zero-order valence-corrected chi connectivity index (χ0v) is 18.1. The number of aromatic nitrogens is 2. The highest BCUT2D eigenvalue weighted by molar-refractivity contribution is 7.98. The van der Waals surface area contributed by atoms with Gasteiger partial charge < -0.3 is 9.47 Å². The Morgan fingerprint density at radius 2 is 1.94 bits per heavy atom. The first-order chi connectivity index (χ1) is 16.2. The van der Waals surface area contributed by atoms with E-state index in [0.717, 1.165) is 5.69 Å². The summed E-state index contributed by atoms with van der Waals surface area (Å²) >= 11 is 7.62. The third-order valence-electron chi connectivity index (χ3n) is 4.26. The van der Waals surface area contributed by atoms with E-state index < -0.39 is 13.1 Å². The molecule has 0 fully saturated rings. The summed E-state index contributed by atoms with van der Waals surface area (Å²) < 4.78 is 31.9. The van der Waals surface area contributed by atoms with Crippen LogP contribution < -0.4 is 4.74 Å². The summed E-state index contributed by atoms with van der Waals surface area (Å²) in [6.07, 6.45) is 1.05. The van der Waals surface area contributed by atoms with Gasteiger partial charge in [0.15, 0.2) is 0 Å². The Hall–Kier alpha value is -3.10. The number of halogens is 1. The Bertz CT molecular complexity index is 1230. The lowest BCUT2D eigenvalue weighted by Gasteiger charge is -2.14. The molecule has 0 aliphatic heterocycles. The summed E-state index contributed by atoms with van der Waals surface area (Å²) in [7, 11) is -2.50. The van der Waals surface area contributed by atoms with Crippen molar-refractivity contribution in [3.05, 3.63) is 70.6 Å². The van der Waals surface area contributed by atoms with Crippen molar-refractivity contribution in [2.24, 2.45) is 0 Å². The van der Waals surface area contributed by atoms with Crippen LogP contribution in [0.5, 0.6) is 5.75 Å². The van der Waals surface area contributed by atoms with E-state index in [0.29, 0.717) is 27.7 Å². The van der Waals surface area contributed by atoms with E-state index >= 15 is 0 Å². The van der Waals surface area contributed by atoms with Gasteiger partial charge in [-0.2, -0.15) is 10.5 Å². The van der Waals surface area contributed by atoms with Crippen LogP contribution in [0, 0.1) is 22.7 Å². The second kappa shape index (κ2) is 10.8. The summed E-state index contributed by atoms with van der Waals surface area (Å²) in [5.41, 5.74) is 2.15. The highest BCUT2D eigenvalue weighted by Crippen LogP contribution is 2.37. The molecule has 0 saturated carbocycles. The standard InChI is InChI=1S/C23H19ClN4O2S/c1-15(29-2)13-30-18-8-6-16(7-9-18)21-19(11-25)22(24)28-23(20(21)12-26)31-14-17-5-3-4-10-27-17/h3-10,15H,13-14H2,1-2H3/t15-/m1/s1/i2D3. The zero-order valence-electron chi connectivity index (χ0n) is 19.5. The molecule has 1 atom stereocenters. The van der Waals surface area contributed by atoms with Gasteiger partial charge in [-0.25, -0.2) is 4.98 Å². The average Bonchev–Trinajstić information content (AvgIpc) is 2.81. The minimum absolute atomic E-state index is 0.0102. The molecule has 3 rings (SSSR count). The maximum absolute atomic E-state index is 9.91. The summed E-state index contributed by atoms with van der Waals surface area (Å²) in [5, 5.41) is 20.0. The van der Waals surface area contributed by atoms with Crippen molar-refractivity contribution in [1.82, 2.24) is 9.97 Å². The molecule has 8 heteroatoms. The van der Waals surface area contributed by atoms with E-state index in [2.05, 4.69) is 16.0 Å². The largest absolute Gasteiger partial charge is 0.491 e. The number of rotatable bonds is 8. The molecule has 1 aromatic carbocycles. The number of ether oxygens (including phenoxy) is 2. The van der Waals surface area contributed by atoms with Crippen LogP contribution >= 0.6 is 23.4 Å². The van der Waals surface area contributed by atoms with Crippen LogP contribution in [0.25, 0.3) is 11.1 Å². The van der Waals surface area contributed by atoms with Gasteiger partial charge in [0.25, 0.3) is 0 Å². The molecular weight excluding hydrogens is 432 g/mol. The predicted octanol–water partition coefficient (Wildman–Crippen LogP) is 5.25. The Balaban J connectivity index is 1.87. The van der Waals surface area contributed by atoms with Gasteiger partial charge in [-0.1, -0.05) is 41.6 Å². The topological polar surface area (TPSA) is 91.8 Å². The van der Waals surface area contributed by atoms with Gasteiger partial charge in [-0.15, -0.1) is 0 Å². The average molecular weight is 454 g/mol. The third kappa shape index (κ3) is 5.53. The molecule has 3 aromatic rings. The molecule has 0 bridgehead atoms. The molecule has 156 valence electrons. The highest BCUT2D eigenvalue weighted by atomic mass is 35.5. The molecule has 0 aliphatic rings. The van der Waals surface area contributed by atoms with Gasteiger partial charge in [-0.05, 0) is 36.8 Å². The lowest BCUT2D eigenvalue weighted by atomic mass is 9.97. The van der Waals surface area contributed by atoms with Crippen molar-refractivity contribution in [1.29, 1.82) is 10.5 Å². The molecular formula is C23H19ClN4O2S. The second-order valence-corrected chi connectivity index (χ2v) is 7.75. The lowest BCUT2D eigenvalue weighted by molar-refractivity contribution is 0.0717. The van der Waals surface area contributed by atoms with E-state index in [1.807, 2.05) is 24.3 Å². The fourth-order valence-corrected chi connectivity index (χ4v) is 3.90. The van der Waals surface area contributed by atoms with Gasteiger partial charge in [0.1, 0.15) is 34.7 Å². The molecule has 0 N–H and O–H groups in total. The summed E-state index contributed by atoms with van der Waals surface area (Å²) in [6, 6.07) is 16.5. The number of hydrogen-bond acceptors (Lipinski definition) is 7. The Labute approximate surface area is 194 Å². The number of benzene rings is 1. The molecule has 2 aromatic heterocycles. The number of pyridine rings is 2. The van der Waals surface area contributed by atoms with Crippen molar-refractivity contribution in [3.8, 4) is 29.0 Å². The SMILES string of the molecule is [2H]C([2H])([2H])O[C@H](C)COc1ccc(-c2c(C#N)c(Cl)nc(SCc3ccccn3)c2C#N)cc1. The van der Waals surface area contributed by atoms with Gasteiger partial charge in [0.05, 0.1) is 27.0 Å². The van der Waals surface area contributed by atoms with Crippen molar-refractivity contribution < 1.29 is 13.6 Å². The molecule has 0 aliphatic carbocycles. The minimum atomic E-state index is -2.50. The van der Waals surface area contributed by atoms with E-state index in [1.54, 1.807) is 37.4 Å². The number of thioether (sulfide) groups is 1.